The zero-order chi connectivity index (χ0) is 33.4. The van der Waals surface area contributed by atoms with Crippen LogP contribution < -0.4 is 0 Å². The quantitative estimate of drug-likeness (QED) is 0.0973. The summed E-state index contributed by atoms with van der Waals surface area (Å²) in [6.07, 6.45) is -32.2. The summed E-state index contributed by atoms with van der Waals surface area (Å²) in [5.74, 6) is -2.57. The summed E-state index contributed by atoms with van der Waals surface area (Å²) in [5, 5.41) is 142. The Labute approximate surface area is 254 Å². The van der Waals surface area contributed by atoms with Crippen molar-refractivity contribution in [2.75, 3.05) is 33.0 Å². The Balaban J connectivity index is 1.52. The van der Waals surface area contributed by atoms with Gasteiger partial charge in [0.25, 0.3) is 0 Å². The first-order valence-corrected chi connectivity index (χ1v) is 14.1. The lowest BCUT2D eigenvalue weighted by molar-refractivity contribution is -0.402. The van der Waals surface area contributed by atoms with Crippen molar-refractivity contribution in [3.05, 3.63) is 0 Å². The van der Waals surface area contributed by atoms with Crippen LogP contribution in [0.2, 0.25) is 0 Å². The summed E-state index contributed by atoms with van der Waals surface area (Å²) >= 11 is 0. The molecule has 0 bridgehead atoms. The number of hydrogen-bond donors (Lipinski definition) is 14. The van der Waals surface area contributed by atoms with Gasteiger partial charge in [0.1, 0.15) is 98.2 Å². The van der Waals surface area contributed by atoms with E-state index >= 15 is 0 Å². The zero-order valence-electron chi connectivity index (χ0n) is 23.5. The van der Waals surface area contributed by atoms with Crippen LogP contribution >= 0.6 is 0 Å². The molecule has 0 aromatic rings. The van der Waals surface area contributed by atoms with Crippen LogP contribution in [-0.2, 0) is 33.2 Å². The van der Waals surface area contributed by atoms with Gasteiger partial charge in [-0.25, -0.2) is 0 Å². The average molecular weight is 667 g/mol. The van der Waals surface area contributed by atoms with Crippen molar-refractivity contribution in [3.63, 3.8) is 0 Å². The molecular formula is C24H42O21. The summed E-state index contributed by atoms with van der Waals surface area (Å²) in [5.41, 5.74) is 0. The maximum atomic E-state index is 10.8. The maximum absolute atomic E-state index is 10.8. The second-order valence-electron chi connectivity index (χ2n) is 11.2. The maximum Gasteiger partial charge on any atom is 0.224 e. The molecule has 0 aliphatic carbocycles. The van der Waals surface area contributed by atoms with E-state index in [0.29, 0.717) is 0 Å². The highest BCUT2D eigenvalue weighted by Gasteiger charge is 2.61. The Bertz CT molecular complexity index is 929. The largest absolute Gasteiger partial charge is 0.394 e. The first-order valence-electron chi connectivity index (χ1n) is 14.1. The van der Waals surface area contributed by atoms with Crippen molar-refractivity contribution < 1.29 is 105 Å². The molecule has 14 N–H and O–H groups in total. The third-order valence-corrected chi connectivity index (χ3v) is 8.26. The number of ether oxygens (including phenoxy) is 7. The smallest absolute Gasteiger partial charge is 0.224 e. The van der Waals surface area contributed by atoms with E-state index in [1.165, 1.54) is 0 Å². The van der Waals surface area contributed by atoms with Gasteiger partial charge >= 0.3 is 0 Å². The van der Waals surface area contributed by atoms with Crippen molar-refractivity contribution in [2.45, 2.75) is 116 Å². The molecule has 4 heterocycles. The minimum atomic E-state index is -2.57. The number of aliphatic hydroxyl groups excluding tert-OH is 14. The molecule has 0 amide bonds. The first-order chi connectivity index (χ1) is 21.2. The minimum Gasteiger partial charge on any atom is -0.394 e. The molecule has 21 heteroatoms. The van der Waals surface area contributed by atoms with E-state index in [-0.39, 0.29) is 0 Å². The fourth-order valence-electron chi connectivity index (χ4n) is 5.50. The van der Waals surface area contributed by atoms with Crippen molar-refractivity contribution in [3.8, 4) is 0 Å². The highest BCUT2D eigenvalue weighted by Crippen LogP contribution is 2.39. The Hall–Kier alpha value is -0.840. The molecule has 0 aromatic carbocycles. The summed E-state index contributed by atoms with van der Waals surface area (Å²) < 4.78 is 38.2. The van der Waals surface area contributed by atoms with Crippen LogP contribution in [0.4, 0.5) is 0 Å². The molecule has 19 atom stereocenters. The van der Waals surface area contributed by atoms with Crippen molar-refractivity contribution >= 4 is 0 Å². The third-order valence-electron chi connectivity index (χ3n) is 8.26. The van der Waals surface area contributed by atoms with Gasteiger partial charge in [0.2, 0.25) is 5.79 Å². The normalized spacial score (nSPS) is 52.7. The Morgan fingerprint density at radius 1 is 0.467 bits per heavy atom. The van der Waals surface area contributed by atoms with Crippen LogP contribution in [0, 0.1) is 0 Å². The topological polar surface area (TPSA) is 348 Å². The second kappa shape index (κ2) is 15.1. The van der Waals surface area contributed by atoms with Gasteiger partial charge in [-0.2, -0.15) is 0 Å². The predicted molar refractivity (Wildman–Crippen MR) is 134 cm³/mol. The van der Waals surface area contributed by atoms with Crippen LogP contribution in [0.5, 0.6) is 0 Å². The van der Waals surface area contributed by atoms with E-state index in [0.717, 1.165) is 0 Å². The van der Waals surface area contributed by atoms with Crippen LogP contribution in [-0.4, -0.2) is 221 Å². The molecule has 0 radical (unpaired) electrons. The monoisotopic (exact) mass is 666 g/mol. The van der Waals surface area contributed by atoms with Crippen molar-refractivity contribution in [1.82, 2.24) is 0 Å². The molecule has 0 saturated carbocycles. The number of rotatable bonds is 11. The summed E-state index contributed by atoms with van der Waals surface area (Å²) in [6.45, 7) is -4.41. The fourth-order valence-corrected chi connectivity index (χ4v) is 5.50. The lowest BCUT2D eigenvalue weighted by atomic mass is 9.98. The molecule has 45 heavy (non-hydrogen) atoms. The Kier molecular flexibility index (Phi) is 12.5. The van der Waals surface area contributed by atoms with E-state index in [2.05, 4.69) is 0 Å². The van der Waals surface area contributed by atoms with Crippen LogP contribution in [0.3, 0.4) is 0 Å². The van der Waals surface area contributed by atoms with Crippen LogP contribution in [0.25, 0.3) is 0 Å². The van der Waals surface area contributed by atoms with E-state index in [9.17, 15) is 71.5 Å². The average Bonchev–Trinajstić information content (AvgIpc) is 3.30. The van der Waals surface area contributed by atoms with Crippen LogP contribution in [0.1, 0.15) is 0 Å². The van der Waals surface area contributed by atoms with E-state index < -0.39 is 149 Å². The van der Waals surface area contributed by atoms with Gasteiger partial charge in [0.05, 0.1) is 26.4 Å². The second-order valence-corrected chi connectivity index (χ2v) is 11.2. The Morgan fingerprint density at radius 3 is 1.42 bits per heavy atom. The minimum absolute atomic E-state index is 0.729. The van der Waals surface area contributed by atoms with Gasteiger partial charge < -0.3 is 105 Å². The molecule has 0 unspecified atom stereocenters. The highest BCUT2D eigenvalue weighted by atomic mass is 16.8. The van der Waals surface area contributed by atoms with Gasteiger partial charge in [-0.15, -0.1) is 0 Å². The van der Waals surface area contributed by atoms with Gasteiger partial charge in [-0.1, -0.05) is 0 Å². The number of aliphatic hydroxyl groups is 14. The molecule has 264 valence electrons. The molecule has 0 aromatic heterocycles. The van der Waals surface area contributed by atoms with Gasteiger partial charge in [-0.05, 0) is 0 Å². The van der Waals surface area contributed by atoms with E-state index in [1.54, 1.807) is 0 Å². The predicted octanol–water partition coefficient (Wildman–Crippen LogP) is -9.75. The lowest BCUT2D eigenvalue weighted by Crippen LogP contribution is -2.65. The SMILES string of the molecule is OC[C@H]1O[C@H](O[C@H]2[C@H](O)[C@@H](CO)O[C@@]2(CO)O[C@@H]2O[C@H](CO[C@H]3O[C@H](CO)[C@H](O)[C@H](O)[C@H]3O)[C@@H](O)[C@H](O)[C@H]2O)[C@H](O)[C@@H](O)[C@H]1O. The fraction of sp³-hybridized carbons (Fsp3) is 1.00. The molecule has 4 rings (SSSR count). The third kappa shape index (κ3) is 7.15. The van der Waals surface area contributed by atoms with Gasteiger partial charge in [0, 0.05) is 0 Å². The molecule has 4 aliphatic rings. The lowest BCUT2D eigenvalue weighted by Gasteiger charge is -2.46. The molecule has 4 fully saturated rings. The molecule has 4 saturated heterocycles. The van der Waals surface area contributed by atoms with Crippen LogP contribution in [0.15, 0.2) is 0 Å². The van der Waals surface area contributed by atoms with E-state index in [1.807, 2.05) is 0 Å². The molecule has 21 nitrogen and oxygen atoms in total. The molecule has 4 aliphatic heterocycles. The Morgan fingerprint density at radius 2 is 0.911 bits per heavy atom. The molecule has 0 spiro atoms. The summed E-state index contributed by atoms with van der Waals surface area (Å²) in [6, 6.07) is 0. The van der Waals surface area contributed by atoms with Gasteiger partial charge in [0.15, 0.2) is 18.9 Å². The first kappa shape index (κ1) is 37.0. The highest BCUT2D eigenvalue weighted by molar-refractivity contribution is 5.01. The zero-order valence-corrected chi connectivity index (χ0v) is 23.5. The van der Waals surface area contributed by atoms with Crippen molar-refractivity contribution in [2.24, 2.45) is 0 Å². The molecular weight excluding hydrogens is 624 g/mol. The van der Waals surface area contributed by atoms with Gasteiger partial charge in [-0.3, -0.25) is 0 Å². The standard InChI is InChI=1S/C24H42O21/c25-1-6-10(29)14(33)17(36)21(40-6)39-4-9-12(31)16(35)19(38)23(42-9)45-24(5-28)20(13(32)8(3-27)44-24)43-22-18(37)15(34)11(30)7(2-26)41-22/h6-23,25-38H,1-5H2/t6-,7-,8-,9-,10+,11+,12-,13-,14+,15+,16+,17-,18-,19-,20+,21+,22-,23+,24+/m1/s1. The summed E-state index contributed by atoms with van der Waals surface area (Å²) in [7, 11) is 0. The van der Waals surface area contributed by atoms with Crippen molar-refractivity contribution in [1.29, 1.82) is 0 Å². The van der Waals surface area contributed by atoms with E-state index in [4.69, 9.17) is 33.2 Å². The number of hydrogen-bond acceptors (Lipinski definition) is 21. The summed E-state index contributed by atoms with van der Waals surface area (Å²) in [4.78, 5) is 0.